The topological polar surface area (TPSA) is 106 Å². The minimum Gasteiger partial charge on any atom is -0.383 e. The molecule has 0 aromatic carbocycles. The number of aromatic nitrogens is 2. The molecule has 0 unspecified atom stereocenters. The van der Waals surface area contributed by atoms with Crippen LogP contribution in [0.25, 0.3) is 0 Å². The molecule has 1 fully saturated rings. The highest BCUT2D eigenvalue weighted by Crippen LogP contribution is 2.28. The van der Waals surface area contributed by atoms with Gasteiger partial charge in [0.2, 0.25) is 15.9 Å². The normalized spacial score (nSPS) is 17.8. The van der Waals surface area contributed by atoms with E-state index in [1.54, 1.807) is 31.1 Å². The highest BCUT2D eigenvalue weighted by molar-refractivity contribution is 7.89. The minimum atomic E-state index is -3.26. The van der Waals surface area contributed by atoms with Gasteiger partial charge in [0.25, 0.3) is 0 Å². The van der Waals surface area contributed by atoms with E-state index < -0.39 is 15.6 Å². The molecule has 1 aromatic rings. The molecule has 2 heterocycles. The van der Waals surface area contributed by atoms with Crippen molar-refractivity contribution in [3.8, 4) is 0 Å². The number of nitrogens with one attached hydrogen (secondary N) is 2. The van der Waals surface area contributed by atoms with Gasteiger partial charge in [0.05, 0.1) is 12.4 Å². The van der Waals surface area contributed by atoms with Crippen LogP contribution in [0.1, 0.15) is 26.2 Å². The first-order chi connectivity index (χ1) is 12.3. The summed E-state index contributed by atoms with van der Waals surface area (Å²) >= 11 is 0. The lowest BCUT2D eigenvalue weighted by Gasteiger charge is -2.40. The van der Waals surface area contributed by atoms with E-state index >= 15 is 0 Å². The minimum absolute atomic E-state index is 0.133. The van der Waals surface area contributed by atoms with Crippen molar-refractivity contribution in [1.29, 1.82) is 0 Å². The van der Waals surface area contributed by atoms with Crippen LogP contribution >= 0.6 is 0 Å². The summed E-state index contributed by atoms with van der Waals surface area (Å²) in [6.07, 6.45) is 3.13. The molecular weight excluding hydrogens is 358 g/mol. The molecule has 0 aliphatic carbocycles. The fraction of sp³-hybridized carbons (Fsp3) is 0.750. The summed E-state index contributed by atoms with van der Waals surface area (Å²) in [4.78, 5) is 12.9. The van der Waals surface area contributed by atoms with Crippen LogP contribution in [0.2, 0.25) is 0 Å². The summed E-state index contributed by atoms with van der Waals surface area (Å²) in [5, 5.41) is 10.4. The van der Waals surface area contributed by atoms with Gasteiger partial charge in [0.1, 0.15) is 11.4 Å². The van der Waals surface area contributed by atoms with E-state index in [1.165, 1.54) is 4.31 Å². The van der Waals surface area contributed by atoms with Crippen molar-refractivity contribution in [1.82, 2.24) is 19.4 Å². The highest BCUT2D eigenvalue weighted by Gasteiger charge is 2.43. The maximum atomic E-state index is 12.9. The number of hydrogen-bond donors (Lipinski definition) is 2. The van der Waals surface area contributed by atoms with Crippen LogP contribution in [0.5, 0.6) is 0 Å². The number of sulfonamides is 1. The maximum absolute atomic E-state index is 12.9. The lowest BCUT2D eigenvalue weighted by molar-refractivity contribution is -0.126. The molecule has 1 aromatic heterocycles. The highest BCUT2D eigenvalue weighted by atomic mass is 32.2. The lowest BCUT2D eigenvalue weighted by atomic mass is 9.87. The van der Waals surface area contributed by atoms with Crippen molar-refractivity contribution in [2.24, 2.45) is 7.05 Å². The zero-order valence-corrected chi connectivity index (χ0v) is 16.5. The van der Waals surface area contributed by atoms with Gasteiger partial charge in [-0.15, -0.1) is 0 Å². The molecule has 26 heavy (non-hydrogen) atoms. The Balaban J connectivity index is 2.13. The maximum Gasteiger partial charge on any atom is 0.245 e. The fourth-order valence-electron chi connectivity index (χ4n) is 3.10. The summed E-state index contributed by atoms with van der Waals surface area (Å²) in [6, 6.07) is 1.80. The van der Waals surface area contributed by atoms with Gasteiger partial charge in [0.15, 0.2) is 0 Å². The van der Waals surface area contributed by atoms with Crippen LogP contribution in [0.4, 0.5) is 5.82 Å². The monoisotopic (exact) mass is 387 g/mol. The van der Waals surface area contributed by atoms with Gasteiger partial charge in [0, 0.05) is 46.1 Å². The summed E-state index contributed by atoms with van der Waals surface area (Å²) in [5.74, 6) is 0.570. The second kappa shape index (κ2) is 8.83. The number of aryl methyl sites for hydroxylation is 1. The van der Waals surface area contributed by atoms with E-state index in [4.69, 9.17) is 4.74 Å². The Hall–Kier alpha value is -1.65. The molecule has 9 nitrogen and oxygen atoms in total. The van der Waals surface area contributed by atoms with E-state index in [1.807, 2.05) is 6.92 Å². The number of anilines is 1. The lowest BCUT2D eigenvalue weighted by Crippen LogP contribution is -2.59. The first kappa shape index (κ1) is 20.7. The number of methoxy groups -OCH3 is 1. The van der Waals surface area contributed by atoms with Gasteiger partial charge in [-0.25, -0.2) is 12.7 Å². The molecule has 1 aliphatic heterocycles. The van der Waals surface area contributed by atoms with E-state index in [0.717, 1.165) is 0 Å². The second-order valence-electron chi connectivity index (χ2n) is 6.55. The Labute approximate surface area is 155 Å². The second-order valence-corrected chi connectivity index (χ2v) is 8.63. The van der Waals surface area contributed by atoms with Gasteiger partial charge < -0.3 is 15.4 Å². The van der Waals surface area contributed by atoms with Gasteiger partial charge in [-0.1, -0.05) is 6.92 Å². The van der Waals surface area contributed by atoms with Gasteiger partial charge in [-0.05, 0) is 19.3 Å². The molecule has 0 spiro atoms. The third kappa shape index (κ3) is 4.95. The van der Waals surface area contributed by atoms with Crippen LogP contribution in [-0.2, 0) is 26.6 Å². The number of ether oxygens (including phenoxy) is 1. The van der Waals surface area contributed by atoms with E-state index in [-0.39, 0.29) is 11.7 Å². The number of rotatable bonds is 9. The Morgan fingerprint density at radius 2 is 2.08 bits per heavy atom. The standard InChI is InChI=1S/C16H29N5O4S/c1-4-13-26(23,24)21-10-6-16(7-11-21,15(22)17-8-12-25-3)18-14-5-9-20(2)19-14/h5,9H,4,6-8,10-13H2,1-3H3,(H,17,22)(H,18,19). The molecule has 1 amide bonds. The summed E-state index contributed by atoms with van der Waals surface area (Å²) in [7, 11) is 0.112. The Bertz CT molecular complexity index is 695. The molecule has 0 saturated carbocycles. The summed E-state index contributed by atoms with van der Waals surface area (Å²) < 4.78 is 32.7. The van der Waals surface area contributed by atoms with Crippen molar-refractivity contribution in [3.63, 3.8) is 0 Å². The zero-order chi connectivity index (χ0) is 19.2. The molecular formula is C16H29N5O4S. The Morgan fingerprint density at radius 3 is 2.62 bits per heavy atom. The van der Waals surface area contributed by atoms with Crippen LogP contribution < -0.4 is 10.6 Å². The number of piperidine rings is 1. The van der Waals surface area contributed by atoms with Crippen molar-refractivity contribution in [2.75, 3.05) is 44.4 Å². The Kier molecular flexibility index (Phi) is 7.01. The van der Waals surface area contributed by atoms with Crippen molar-refractivity contribution in [3.05, 3.63) is 12.3 Å². The fourth-order valence-corrected chi connectivity index (χ4v) is 4.62. The van der Waals surface area contributed by atoms with E-state index in [9.17, 15) is 13.2 Å². The predicted octanol–water partition coefficient (Wildman–Crippen LogP) is 0.169. The molecule has 10 heteroatoms. The quantitative estimate of drug-likeness (QED) is 0.585. The molecule has 0 radical (unpaired) electrons. The van der Waals surface area contributed by atoms with Crippen LogP contribution in [-0.4, -0.2) is 73.1 Å². The zero-order valence-electron chi connectivity index (χ0n) is 15.7. The van der Waals surface area contributed by atoms with E-state index in [2.05, 4.69) is 15.7 Å². The Morgan fingerprint density at radius 1 is 1.38 bits per heavy atom. The summed E-state index contributed by atoms with van der Waals surface area (Å²) in [5.41, 5.74) is -0.889. The third-order valence-corrected chi connectivity index (χ3v) is 6.61. The van der Waals surface area contributed by atoms with Gasteiger partial charge in [-0.2, -0.15) is 5.10 Å². The molecule has 148 valence electrons. The largest absolute Gasteiger partial charge is 0.383 e. The van der Waals surface area contributed by atoms with Crippen LogP contribution in [0, 0.1) is 0 Å². The molecule has 0 atom stereocenters. The first-order valence-electron chi connectivity index (χ1n) is 8.86. The predicted molar refractivity (Wildman–Crippen MR) is 99.3 cm³/mol. The van der Waals surface area contributed by atoms with Crippen LogP contribution in [0.3, 0.4) is 0 Å². The summed E-state index contributed by atoms with van der Waals surface area (Å²) in [6.45, 7) is 3.28. The van der Waals surface area contributed by atoms with E-state index in [0.29, 0.717) is 51.3 Å². The molecule has 0 bridgehead atoms. The van der Waals surface area contributed by atoms with Crippen molar-refractivity contribution in [2.45, 2.75) is 31.7 Å². The van der Waals surface area contributed by atoms with Crippen molar-refractivity contribution >= 4 is 21.7 Å². The molecule has 1 aliphatic rings. The number of hydrogen-bond acceptors (Lipinski definition) is 6. The number of carbonyl (C=O) groups is 1. The average molecular weight is 388 g/mol. The number of nitrogens with zero attached hydrogens (tertiary/aromatic N) is 3. The van der Waals surface area contributed by atoms with Gasteiger partial charge in [-0.3, -0.25) is 9.48 Å². The molecule has 2 N–H and O–H groups in total. The number of carbonyl (C=O) groups excluding carboxylic acids is 1. The molecule has 2 rings (SSSR count). The third-order valence-electron chi connectivity index (χ3n) is 4.54. The van der Waals surface area contributed by atoms with Crippen molar-refractivity contribution < 1.29 is 17.9 Å². The average Bonchev–Trinajstić information content (AvgIpc) is 3.00. The number of amides is 1. The SMILES string of the molecule is CCCS(=O)(=O)N1CCC(Nc2ccn(C)n2)(C(=O)NCCOC)CC1. The van der Waals surface area contributed by atoms with Crippen LogP contribution in [0.15, 0.2) is 12.3 Å². The molecule has 1 saturated heterocycles. The smallest absolute Gasteiger partial charge is 0.245 e. The first-order valence-corrected chi connectivity index (χ1v) is 10.5. The van der Waals surface area contributed by atoms with Gasteiger partial charge >= 0.3 is 0 Å².